The van der Waals surface area contributed by atoms with Crippen LogP contribution >= 0.6 is 0 Å². The summed E-state index contributed by atoms with van der Waals surface area (Å²) in [7, 11) is 0. The van der Waals surface area contributed by atoms with Crippen molar-refractivity contribution in [1.29, 1.82) is 0 Å². The first-order chi connectivity index (χ1) is 10.3. The van der Waals surface area contributed by atoms with Gasteiger partial charge in [-0.15, -0.1) is 0 Å². The number of para-hydroxylation sites is 2. The van der Waals surface area contributed by atoms with Gasteiger partial charge in [0.05, 0.1) is 11.1 Å². The number of aryl methyl sites for hydroxylation is 1. The van der Waals surface area contributed by atoms with Gasteiger partial charge in [0.2, 0.25) is 6.04 Å². The normalized spacial score (nSPS) is 13.2. The van der Waals surface area contributed by atoms with E-state index in [0.717, 1.165) is 11.5 Å². The summed E-state index contributed by atoms with van der Waals surface area (Å²) >= 11 is 0. The van der Waals surface area contributed by atoms with Crippen LogP contribution in [0.5, 0.6) is 11.5 Å². The zero-order valence-electron chi connectivity index (χ0n) is 11.9. The largest absolute Gasteiger partial charge is 0.456 e. The minimum Gasteiger partial charge on any atom is -0.456 e. The van der Waals surface area contributed by atoms with E-state index >= 15 is 0 Å². The van der Waals surface area contributed by atoms with Gasteiger partial charge in [-0.3, -0.25) is 0 Å². The Labute approximate surface area is 124 Å². The van der Waals surface area contributed by atoms with E-state index in [2.05, 4.69) is 60.3 Å². The van der Waals surface area contributed by atoms with E-state index in [0.29, 0.717) is 0 Å². The number of fused-ring (bicyclic) bond motifs is 2. The summed E-state index contributed by atoms with van der Waals surface area (Å²) in [5.41, 5.74) is 3.66. The second kappa shape index (κ2) is 4.74. The van der Waals surface area contributed by atoms with Gasteiger partial charge in [-0.1, -0.05) is 24.3 Å². The molecule has 0 fully saturated rings. The van der Waals surface area contributed by atoms with Crippen molar-refractivity contribution in [3.05, 3.63) is 89.7 Å². The molecule has 2 aromatic carbocycles. The van der Waals surface area contributed by atoms with Crippen LogP contribution in [0.4, 0.5) is 0 Å². The quantitative estimate of drug-likeness (QED) is 0.478. The number of rotatable bonds is 1. The van der Waals surface area contributed by atoms with Crippen LogP contribution in [-0.4, -0.2) is 0 Å². The van der Waals surface area contributed by atoms with E-state index in [1.165, 1.54) is 16.7 Å². The lowest BCUT2D eigenvalue weighted by Gasteiger charge is -2.24. The highest BCUT2D eigenvalue weighted by molar-refractivity contribution is 5.51. The predicted molar refractivity (Wildman–Crippen MR) is 81.6 cm³/mol. The molecule has 1 aliphatic heterocycles. The summed E-state index contributed by atoms with van der Waals surface area (Å²) in [6.45, 7) is 2.11. The molecule has 0 N–H and O–H groups in total. The Morgan fingerprint density at radius 2 is 1.29 bits per heavy atom. The molecule has 0 radical (unpaired) electrons. The highest BCUT2D eigenvalue weighted by Crippen LogP contribution is 2.41. The zero-order chi connectivity index (χ0) is 14.2. The zero-order valence-corrected chi connectivity index (χ0v) is 11.9. The molecule has 2 heteroatoms. The van der Waals surface area contributed by atoms with Gasteiger partial charge in [0.15, 0.2) is 12.4 Å². The van der Waals surface area contributed by atoms with E-state index in [-0.39, 0.29) is 6.04 Å². The van der Waals surface area contributed by atoms with Gasteiger partial charge in [-0.05, 0) is 36.8 Å². The van der Waals surface area contributed by atoms with Gasteiger partial charge in [-0.2, -0.15) is 4.57 Å². The fraction of sp³-hybridized carbons (Fsp3) is 0.105. The second-order valence-electron chi connectivity index (χ2n) is 5.40. The van der Waals surface area contributed by atoms with Crippen molar-refractivity contribution in [2.45, 2.75) is 13.0 Å². The summed E-state index contributed by atoms with van der Waals surface area (Å²) in [6, 6.07) is 21.0. The molecule has 0 bridgehead atoms. The van der Waals surface area contributed by atoms with Gasteiger partial charge >= 0.3 is 0 Å². The molecule has 0 unspecified atom stereocenters. The molecule has 4 rings (SSSR count). The van der Waals surface area contributed by atoms with Crippen LogP contribution in [0.2, 0.25) is 0 Å². The van der Waals surface area contributed by atoms with Crippen molar-refractivity contribution in [2.75, 3.05) is 0 Å². The average molecular weight is 274 g/mol. The maximum Gasteiger partial charge on any atom is 0.216 e. The monoisotopic (exact) mass is 274 g/mol. The molecular weight excluding hydrogens is 258 g/mol. The molecule has 2 heterocycles. The summed E-state index contributed by atoms with van der Waals surface area (Å²) in [5, 5.41) is 0. The van der Waals surface area contributed by atoms with E-state index in [1.807, 2.05) is 24.3 Å². The lowest BCUT2D eigenvalue weighted by atomic mass is 9.94. The Bertz CT molecular complexity index is 747. The first-order valence-electron chi connectivity index (χ1n) is 7.16. The molecule has 102 valence electrons. The maximum absolute atomic E-state index is 6.04. The first-order valence-corrected chi connectivity index (χ1v) is 7.16. The van der Waals surface area contributed by atoms with E-state index in [4.69, 9.17) is 4.74 Å². The van der Waals surface area contributed by atoms with Crippen molar-refractivity contribution in [2.24, 2.45) is 0 Å². The topological polar surface area (TPSA) is 13.1 Å². The molecule has 2 nitrogen and oxygen atoms in total. The number of aromatic nitrogens is 1. The molecule has 0 saturated heterocycles. The van der Waals surface area contributed by atoms with Crippen LogP contribution < -0.4 is 9.30 Å². The van der Waals surface area contributed by atoms with Crippen LogP contribution in [0.25, 0.3) is 0 Å². The molecule has 1 aliphatic rings. The minimum absolute atomic E-state index is 0.159. The van der Waals surface area contributed by atoms with Crippen molar-refractivity contribution >= 4 is 0 Å². The lowest BCUT2D eigenvalue weighted by molar-refractivity contribution is -0.705. The fourth-order valence-corrected chi connectivity index (χ4v) is 2.89. The van der Waals surface area contributed by atoms with Gasteiger partial charge in [-0.25, -0.2) is 0 Å². The second-order valence-corrected chi connectivity index (χ2v) is 5.40. The van der Waals surface area contributed by atoms with Crippen molar-refractivity contribution in [1.82, 2.24) is 0 Å². The van der Waals surface area contributed by atoms with Gasteiger partial charge in [0.25, 0.3) is 0 Å². The first kappa shape index (κ1) is 12.2. The third kappa shape index (κ3) is 2.00. The Balaban J connectivity index is 1.95. The van der Waals surface area contributed by atoms with Crippen molar-refractivity contribution in [3.63, 3.8) is 0 Å². The molecule has 0 amide bonds. The number of hydrogen-bond donors (Lipinski definition) is 0. The van der Waals surface area contributed by atoms with Crippen molar-refractivity contribution < 1.29 is 9.30 Å². The lowest BCUT2D eigenvalue weighted by Crippen LogP contribution is -2.41. The Hall–Kier alpha value is -2.61. The highest BCUT2D eigenvalue weighted by atomic mass is 16.5. The third-order valence-corrected chi connectivity index (χ3v) is 3.96. The minimum atomic E-state index is 0.159. The molecule has 0 spiro atoms. The summed E-state index contributed by atoms with van der Waals surface area (Å²) in [4.78, 5) is 0. The average Bonchev–Trinajstić information content (AvgIpc) is 2.53. The van der Waals surface area contributed by atoms with Crippen LogP contribution in [0.3, 0.4) is 0 Å². The van der Waals surface area contributed by atoms with Crippen LogP contribution in [-0.2, 0) is 0 Å². The van der Waals surface area contributed by atoms with Crippen LogP contribution in [0, 0.1) is 6.92 Å². The summed E-state index contributed by atoms with van der Waals surface area (Å²) in [6.07, 6.45) is 4.28. The predicted octanol–water partition coefficient (Wildman–Crippen LogP) is 4.03. The van der Waals surface area contributed by atoms with Gasteiger partial charge in [0.1, 0.15) is 11.5 Å². The molecular formula is C19H16NO+. The van der Waals surface area contributed by atoms with E-state index in [1.54, 1.807) is 0 Å². The fourth-order valence-electron chi connectivity index (χ4n) is 2.89. The molecule has 3 aromatic rings. The third-order valence-electron chi connectivity index (χ3n) is 3.96. The van der Waals surface area contributed by atoms with Gasteiger partial charge in [0, 0.05) is 12.1 Å². The number of pyridine rings is 1. The molecule has 21 heavy (non-hydrogen) atoms. The van der Waals surface area contributed by atoms with E-state index < -0.39 is 0 Å². The van der Waals surface area contributed by atoms with Gasteiger partial charge < -0.3 is 4.74 Å². The standard InChI is InChI=1S/C19H16NO/c1-14-10-12-20(13-11-14)19-15-6-2-4-8-17(15)21-18-9-5-3-7-16(18)19/h2-13,19H,1H3/q+1. The molecule has 0 saturated carbocycles. The number of hydrogen-bond acceptors (Lipinski definition) is 1. The maximum atomic E-state index is 6.04. The molecule has 0 aliphatic carbocycles. The van der Waals surface area contributed by atoms with Crippen molar-refractivity contribution in [3.8, 4) is 11.5 Å². The van der Waals surface area contributed by atoms with Crippen LogP contribution in [0.1, 0.15) is 22.7 Å². The Morgan fingerprint density at radius 1 is 0.762 bits per heavy atom. The number of benzene rings is 2. The molecule has 1 aromatic heterocycles. The highest BCUT2D eigenvalue weighted by Gasteiger charge is 2.33. The van der Waals surface area contributed by atoms with E-state index in [9.17, 15) is 0 Å². The SMILES string of the molecule is Cc1cc[n+](C2c3ccccc3Oc3ccccc32)cc1. The molecule has 0 atom stereocenters. The Kier molecular flexibility index (Phi) is 2.74. The Morgan fingerprint density at radius 3 is 1.86 bits per heavy atom. The summed E-state index contributed by atoms with van der Waals surface area (Å²) in [5.74, 6) is 1.88. The summed E-state index contributed by atoms with van der Waals surface area (Å²) < 4.78 is 8.28. The van der Waals surface area contributed by atoms with Crippen LogP contribution in [0.15, 0.2) is 73.1 Å². The smallest absolute Gasteiger partial charge is 0.216 e. The number of ether oxygens (including phenoxy) is 1. The number of nitrogens with zero attached hydrogens (tertiary/aromatic N) is 1.